The SMILES string of the molecule is CC/C(Br)=C/[C@H](C)CCO. The van der Waals surface area contributed by atoms with Crippen LogP contribution in [0, 0.1) is 5.92 Å². The van der Waals surface area contributed by atoms with Gasteiger partial charge in [-0.1, -0.05) is 35.9 Å². The molecular formula is C8H15BrO. The van der Waals surface area contributed by atoms with Gasteiger partial charge >= 0.3 is 0 Å². The van der Waals surface area contributed by atoms with Crippen molar-refractivity contribution < 1.29 is 5.11 Å². The molecule has 0 aromatic heterocycles. The second-order valence-electron chi connectivity index (χ2n) is 2.46. The molecule has 0 saturated heterocycles. The Hall–Kier alpha value is 0.180. The van der Waals surface area contributed by atoms with Gasteiger partial charge in [0, 0.05) is 6.61 Å². The Morgan fingerprint density at radius 1 is 1.70 bits per heavy atom. The zero-order chi connectivity index (χ0) is 7.98. The first-order valence-electron chi connectivity index (χ1n) is 3.67. The first kappa shape index (κ1) is 10.2. The molecule has 0 rings (SSSR count). The fourth-order valence-corrected chi connectivity index (χ4v) is 1.16. The number of hydrogen-bond donors (Lipinski definition) is 1. The van der Waals surface area contributed by atoms with E-state index in [0.29, 0.717) is 5.92 Å². The van der Waals surface area contributed by atoms with Crippen LogP contribution < -0.4 is 0 Å². The van der Waals surface area contributed by atoms with E-state index in [9.17, 15) is 0 Å². The molecule has 0 heterocycles. The fourth-order valence-electron chi connectivity index (χ4n) is 0.714. The van der Waals surface area contributed by atoms with E-state index in [1.807, 2.05) is 0 Å². The third kappa shape index (κ3) is 5.00. The third-order valence-electron chi connectivity index (χ3n) is 1.39. The first-order valence-corrected chi connectivity index (χ1v) is 4.47. The van der Waals surface area contributed by atoms with E-state index in [1.54, 1.807) is 0 Å². The van der Waals surface area contributed by atoms with Crippen molar-refractivity contribution in [3.05, 3.63) is 10.6 Å². The minimum absolute atomic E-state index is 0.279. The number of halogens is 1. The molecule has 0 aromatic rings. The van der Waals surface area contributed by atoms with Crippen LogP contribution in [0.25, 0.3) is 0 Å². The Labute approximate surface area is 71.3 Å². The summed E-state index contributed by atoms with van der Waals surface area (Å²) in [5.74, 6) is 0.485. The molecule has 0 aliphatic rings. The van der Waals surface area contributed by atoms with E-state index in [1.165, 1.54) is 4.48 Å². The van der Waals surface area contributed by atoms with Crippen molar-refractivity contribution in [2.24, 2.45) is 5.92 Å². The fraction of sp³-hybridized carbons (Fsp3) is 0.750. The van der Waals surface area contributed by atoms with Gasteiger partial charge in [0.1, 0.15) is 0 Å². The van der Waals surface area contributed by atoms with Gasteiger partial charge in [0.15, 0.2) is 0 Å². The third-order valence-corrected chi connectivity index (χ3v) is 2.21. The molecule has 0 aliphatic carbocycles. The van der Waals surface area contributed by atoms with Crippen LogP contribution in [0.4, 0.5) is 0 Å². The molecule has 2 heteroatoms. The number of aliphatic hydroxyl groups is 1. The second-order valence-corrected chi connectivity index (χ2v) is 3.48. The Balaban J connectivity index is 3.62. The van der Waals surface area contributed by atoms with E-state index in [-0.39, 0.29) is 6.61 Å². The van der Waals surface area contributed by atoms with Crippen LogP contribution in [0.15, 0.2) is 10.6 Å². The predicted octanol–water partition coefficient (Wildman–Crippen LogP) is 2.69. The Morgan fingerprint density at radius 3 is 2.70 bits per heavy atom. The van der Waals surface area contributed by atoms with Crippen LogP contribution in [-0.4, -0.2) is 11.7 Å². The van der Waals surface area contributed by atoms with E-state index in [0.717, 1.165) is 12.8 Å². The maximum atomic E-state index is 8.58. The summed E-state index contributed by atoms with van der Waals surface area (Å²) in [6.07, 6.45) is 4.04. The van der Waals surface area contributed by atoms with Crippen molar-refractivity contribution in [2.45, 2.75) is 26.7 Å². The first-order chi connectivity index (χ1) is 4.70. The molecule has 0 aliphatic heterocycles. The Kier molecular flexibility index (Phi) is 6.03. The number of rotatable bonds is 4. The molecule has 0 saturated carbocycles. The summed E-state index contributed by atoms with van der Waals surface area (Å²) in [6.45, 7) is 4.49. The molecule has 1 N–H and O–H groups in total. The smallest absolute Gasteiger partial charge is 0.0436 e. The number of aliphatic hydroxyl groups excluding tert-OH is 1. The molecule has 0 fully saturated rings. The lowest BCUT2D eigenvalue weighted by molar-refractivity contribution is 0.274. The van der Waals surface area contributed by atoms with Crippen LogP contribution in [-0.2, 0) is 0 Å². The molecular weight excluding hydrogens is 192 g/mol. The van der Waals surface area contributed by atoms with Gasteiger partial charge in [0.05, 0.1) is 0 Å². The molecule has 0 aromatic carbocycles. The maximum absolute atomic E-state index is 8.58. The normalized spacial score (nSPS) is 15.4. The van der Waals surface area contributed by atoms with Gasteiger partial charge in [-0.15, -0.1) is 0 Å². The highest BCUT2D eigenvalue weighted by Crippen LogP contribution is 2.14. The summed E-state index contributed by atoms with van der Waals surface area (Å²) in [7, 11) is 0. The van der Waals surface area contributed by atoms with Crippen molar-refractivity contribution >= 4 is 15.9 Å². The molecule has 10 heavy (non-hydrogen) atoms. The number of hydrogen-bond acceptors (Lipinski definition) is 1. The van der Waals surface area contributed by atoms with E-state index >= 15 is 0 Å². The highest BCUT2D eigenvalue weighted by molar-refractivity contribution is 9.11. The quantitative estimate of drug-likeness (QED) is 0.751. The van der Waals surface area contributed by atoms with E-state index < -0.39 is 0 Å². The average molecular weight is 207 g/mol. The van der Waals surface area contributed by atoms with Crippen molar-refractivity contribution in [3.8, 4) is 0 Å². The maximum Gasteiger partial charge on any atom is 0.0436 e. The molecule has 0 unspecified atom stereocenters. The van der Waals surface area contributed by atoms with Gasteiger partial charge in [-0.3, -0.25) is 0 Å². The highest BCUT2D eigenvalue weighted by atomic mass is 79.9. The molecule has 60 valence electrons. The lowest BCUT2D eigenvalue weighted by atomic mass is 10.1. The molecule has 0 radical (unpaired) electrons. The van der Waals surface area contributed by atoms with Crippen molar-refractivity contribution in [1.29, 1.82) is 0 Å². The van der Waals surface area contributed by atoms with Gasteiger partial charge in [-0.2, -0.15) is 0 Å². The lowest BCUT2D eigenvalue weighted by Crippen LogP contribution is -1.93. The van der Waals surface area contributed by atoms with Crippen molar-refractivity contribution in [3.63, 3.8) is 0 Å². The van der Waals surface area contributed by atoms with Crippen LogP contribution in [0.3, 0.4) is 0 Å². The average Bonchev–Trinajstić information content (AvgIpc) is 1.88. The Bertz CT molecular complexity index is 110. The minimum Gasteiger partial charge on any atom is -0.396 e. The van der Waals surface area contributed by atoms with E-state index in [4.69, 9.17) is 5.11 Å². The lowest BCUT2D eigenvalue weighted by Gasteiger charge is -2.03. The summed E-state index contributed by atoms with van der Waals surface area (Å²) < 4.78 is 1.23. The zero-order valence-corrected chi connectivity index (χ0v) is 8.19. The molecule has 1 nitrogen and oxygen atoms in total. The molecule has 1 atom stereocenters. The van der Waals surface area contributed by atoms with Gasteiger partial charge in [-0.25, -0.2) is 0 Å². The van der Waals surface area contributed by atoms with Gasteiger partial charge in [0.2, 0.25) is 0 Å². The highest BCUT2D eigenvalue weighted by Gasteiger charge is 1.96. The van der Waals surface area contributed by atoms with Crippen LogP contribution in [0.2, 0.25) is 0 Å². The second kappa shape index (κ2) is 5.93. The van der Waals surface area contributed by atoms with Crippen LogP contribution >= 0.6 is 15.9 Å². The zero-order valence-electron chi connectivity index (χ0n) is 6.60. The van der Waals surface area contributed by atoms with Gasteiger partial charge in [-0.05, 0) is 23.2 Å². The van der Waals surface area contributed by atoms with Crippen LogP contribution in [0.1, 0.15) is 26.7 Å². The summed E-state index contributed by atoms with van der Waals surface area (Å²) in [6, 6.07) is 0. The predicted molar refractivity (Wildman–Crippen MR) is 48.2 cm³/mol. The Morgan fingerprint density at radius 2 is 2.30 bits per heavy atom. The standard InChI is InChI=1S/C8H15BrO/c1-3-8(9)6-7(2)4-5-10/h6-7,10H,3-5H2,1-2H3/b8-6-/t7-/m1/s1. The summed E-state index contributed by atoms with van der Waals surface area (Å²) in [5, 5.41) is 8.58. The monoisotopic (exact) mass is 206 g/mol. The molecule has 0 spiro atoms. The van der Waals surface area contributed by atoms with E-state index in [2.05, 4.69) is 35.9 Å². The molecule has 0 amide bonds. The van der Waals surface area contributed by atoms with Crippen molar-refractivity contribution in [2.75, 3.05) is 6.61 Å². The largest absolute Gasteiger partial charge is 0.396 e. The summed E-state index contributed by atoms with van der Waals surface area (Å²) in [4.78, 5) is 0. The summed E-state index contributed by atoms with van der Waals surface area (Å²) in [5.41, 5.74) is 0. The van der Waals surface area contributed by atoms with Crippen molar-refractivity contribution in [1.82, 2.24) is 0 Å². The van der Waals surface area contributed by atoms with Crippen LogP contribution in [0.5, 0.6) is 0 Å². The van der Waals surface area contributed by atoms with Gasteiger partial charge < -0.3 is 5.11 Å². The number of allylic oxidation sites excluding steroid dienone is 2. The van der Waals surface area contributed by atoms with Gasteiger partial charge in [0.25, 0.3) is 0 Å². The summed E-state index contributed by atoms with van der Waals surface area (Å²) >= 11 is 3.43. The molecule has 0 bridgehead atoms. The topological polar surface area (TPSA) is 20.2 Å². The minimum atomic E-state index is 0.279.